The highest BCUT2D eigenvalue weighted by atomic mass is 16.5. The Labute approximate surface area is 159 Å². The number of phenols is 2. The minimum Gasteiger partial charge on any atom is -0.504 e. The second-order valence-corrected chi connectivity index (χ2v) is 6.62. The predicted octanol–water partition coefficient (Wildman–Crippen LogP) is 0.896. The van der Waals surface area contributed by atoms with Crippen molar-refractivity contribution in [2.45, 2.75) is 63.9 Å². The molecule has 0 spiro atoms. The molecule has 0 aromatic heterocycles. The average Bonchev–Trinajstić information content (AvgIpc) is 2.65. The molecule has 0 aliphatic rings. The first-order valence-corrected chi connectivity index (χ1v) is 9.22. The van der Waals surface area contributed by atoms with Gasteiger partial charge in [-0.25, -0.2) is 0 Å². The van der Waals surface area contributed by atoms with Crippen LogP contribution < -0.4 is 5.32 Å². The summed E-state index contributed by atoms with van der Waals surface area (Å²) in [6.07, 6.45) is -0.593. The average molecular weight is 385 g/mol. The van der Waals surface area contributed by atoms with E-state index in [1.807, 2.05) is 13.8 Å². The Morgan fingerprint density at radius 1 is 1.00 bits per heavy atom. The molecule has 27 heavy (non-hydrogen) atoms. The maximum absolute atomic E-state index is 12.0. The summed E-state index contributed by atoms with van der Waals surface area (Å²) < 4.78 is 5.63. The number of aliphatic hydroxyl groups excluding tert-OH is 3. The van der Waals surface area contributed by atoms with E-state index in [4.69, 9.17) is 4.74 Å². The molecule has 154 valence electrons. The van der Waals surface area contributed by atoms with Gasteiger partial charge in [0.05, 0.1) is 31.0 Å². The topological polar surface area (TPSA) is 139 Å². The Hall–Kier alpha value is -1.87. The van der Waals surface area contributed by atoms with Crippen LogP contribution in [0.3, 0.4) is 0 Å². The molecular weight excluding hydrogens is 354 g/mol. The van der Waals surface area contributed by atoms with E-state index < -0.39 is 36.1 Å². The quantitative estimate of drug-likeness (QED) is 0.294. The van der Waals surface area contributed by atoms with Crippen molar-refractivity contribution in [2.75, 3.05) is 13.2 Å². The van der Waals surface area contributed by atoms with Crippen molar-refractivity contribution >= 4 is 5.91 Å². The van der Waals surface area contributed by atoms with Crippen LogP contribution in [0.4, 0.5) is 0 Å². The summed E-state index contributed by atoms with van der Waals surface area (Å²) >= 11 is 0. The molecule has 1 rings (SSSR count). The lowest BCUT2D eigenvalue weighted by molar-refractivity contribution is -0.0477. The highest BCUT2D eigenvalue weighted by Gasteiger charge is 2.19. The molecule has 1 aromatic rings. The van der Waals surface area contributed by atoms with Gasteiger partial charge >= 0.3 is 0 Å². The van der Waals surface area contributed by atoms with Gasteiger partial charge in [-0.3, -0.25) is 4.79 Å². The van der Waals surface area contributed by atoms with Crippen molar-refractivity contribution in [1.82, 2.24) is 5.32 Å². The lowest BCUT2D eigenvalue weighted by Gasteiger charge is -2.24. The third-order valence-electron chi connectivity index (χ3n) is 4.27. The van der Waals surface area contributed by atoms with Crippen LogP contribution in [0.1, 0.15) is 49.9 Å². The number of hydrogen-bond acceptors (Lipinski definition) is 7. The van der Waals surface area contributed by atoms with Crippen molar-refractivity contribution in [1.29, 1.82) is 0 Å². The van der Waals surface area contributed by atoms with Crippen molar-refractivity contribution < 1.29 is 35.1 Å². The van der Waals surface area contributed by atoms with Gasteiger partial charge in [0.2, 0.25) is 0 Å². The number of amides is 1. The number of aromatic hydroxyl groups is 2. The normalized spacial score (nSPS) is 15.7. The Kier molecular flexibility index (Phi) is 10.1. The zero-order valence-electron chi connectivity index (χ0n) is 15.8. The fourth-order valence-corrected chi connectivity index (χ4v) is 2.46. The van der Waals surface area contributed by atoms with E-state index in [0.717, 1.165) is 6.07 Å². The summed E-state index contributed by atoms with van der Waals surface area (Å²) in [6, 6.07) is 3.68. The van der Waals surface area contributed by atoms with Crippen LogP contribution in [0.15, 0.2) is 18.2 Å². The van der Waals surface area contributed by atoms with Crippen LogP contribution in [0.5, 0.6) is 11.5 Å². The lowest BCUT2D eigenvalue weighted by atomic mass is 10.0. The molecule has 0 aliphatic carbocycles. The van der Waals surface area contributed by atoms with Gasteiger partial charge in [-0.1, -0.05) is 13.8 Å². The van der Waals surface area contributed by atoms with E-state index in [1.54, 1.807) is 0 Å². The van der Waals surface area contributed by atoms with Crippen molar-refractivity contribution in [3.63, 3.8) is 0 Å². The van der Waals surface area contributed by atoms with Gasteiger partial charge in [0.15, 0.2) is 11.5 Å². The number of ether oxygens (including phenoxy) is 1. The van der Waals surface area contributed by atoms with E-state index in [2.05, 4.69) is 5.32 Å². The summed E-state index contributed by atoms with van der Waals surface area (Å²) in [5, 5.41) is 50.8. The van der Waals surface area contributed by atoms with Gasteiger partial charge in [0.1, 0.15) is 0 Å². The molecule has 0 saturated carbocycles. The van der Waals surface area contributed by atoms with Crippen LogP contribution in [0, 0.1) is 0 Å². The Balaban J connectivity index is 2.47. The Morgan fingerprint density at radius 3 is 2.11 bits per heavy atom. The first-order chi connectivity index (χ1) is 12.8. The predicted molar refractivity (Wildman–Crippen MR) is 99.7 cm³/mol. The first kappa shape index (κ1) is 23.2. The number of carbonyl (C=O) groups excluding carboxylic acids is 1. The molecular formula is C19H31NO7. The summed E-state index contributed by atoms with van der Waals surface area (Å²) in [7, 11) is 0. The van der Waals surface area contributed by atoms with E-state index in [9.17, 15) is 30.3 Å². The van der Waals surface area contributed by atoms with Gasteiger partial charge in [0.25, 0.3) is 5.91 Å². The van der Waals surface area contributed by atoms with Gasteiger partial charge in [-0.2, -0.15) is 0 Å². The van der Waals surface area contributed by atoms with E-state index >= 15 is 0 Å². The summed E-state index contributed by atoms with van der Waals surface area (Å²) in [5.41, 5.74) is 0.147. The van der Waals surface area contributed by atoms with Crippen LogP contribution >= 0.6 is 0 Å². The number of phenolic OH excluding ortho intramolecular Hbond substituents is 2. The third kappa shape index (κ3) is 8.57. The van der Waals surface area contributed by atoms with Crippen LogP contribution in [-0.2, 0) is 4.74 Å². The van der Waals surface area contributed by atoms with E-state index in [1.165, 1.54) is 12.1 Å². The van der Waals surface area contributed by atoms with Gasteiger partial charge < -0.3 is 35.6 Å². The van der Waals surface area contributed by atoms with Crippen LogP contribution in [0.2, 0.25) is 0 Å². The second-order valence-electron chi connectivity index (χ2n) is 6.62. The van der Waals surface area contributed by atoms with Crippen molar-refractivity contribution in [3.05, 3.63) is 23.8 Å². The van der Waals surface area contributed by atoms with Gasteiger partial charge in [0, 0.05) is 12.1 Å². The standard InChI is InChI=1S/C19H31NO7/c1-3-13(21)8-16(9-14(22)4-2)27-11-15(23)10-20-19(26)12-5-6-17(24)18(25)7-12/h5-7,13-16,21-25H,3-4,8-11H2,1-2H3,(H,20,26). The summed E-state index contributed by atoms with van der Waals surface area (Å²) in [6.45, 7) is 3.57. The molecule has 3 atom stereocenters. The maximum atomic E-state index is 12.0. The molecule has 0 radical (unpaired) electrons. The smallest absolute Gasteiger partial charge is 0.251 e. The second kappa shape index (κ2) is 11.8. The van der Waals surface area contributed by atoms with Crippen LogP contribution in [-0.4, -0.2) is 69.0 Å². The largest absolute Gasteiger partial charge is 0.504 e. The number of carbonyl (C=O) groups is 1. The molecule has 0 aliphatic heterocycles. The fraction of sp³-hybridized carbons (Fsp3) is 0.632. The molecule has 8 heteroatoms. The zero-order valence-corrected chi connectivity index (χ0v) is 15.8. The zero-order chi connectivity index (χ0) is 20.4. The number of nitrogens with one attached hydrogen (secondary N) is 1. The molecule has 0 saturated heterocycles. The third-order valence-corrected chi connectivity index (χ3v) is 4.27. The first-order valence-electron chi connectivity index (χ1n) is 9.22. The fourth-order valence-electron chi connectivity index (χ4n) is 2.46. The van der Waals surface area contributed by atoms with Crippen LogP contribution in [0.25, 0.3) is 0 Å². The Morgan fingerprint density at radius 2 is 1.59 bits per heavy atom. The minimum atomic E-state index is -0.972. The van der Waals surface area contributed by atoms with Crippen molar-refractivity contribution in [2.24, 2.45) is 0 Å². The number of rotatable bonds is 12. The molecule has 0 bridgehead atoms. The van der Waals surface area contributed by atoms with Crippen molar-refractivity contribution in [3.8, 4) is 11.5 Å². The number of hydrogen-bond donors (Lipinski definition) is 6. The molecule has 3 unspecified atom stereocenters. The molecule has 0 fully saturated rings. The van der Waals surface area contributed by atoms with Gasteiger partial charge in [-0.15, -0.1) is 0 Å². The van der Waals surface area contributed by atoms with E-state index in [0.29, 0.717) is 25.7 Å². The van der Waals surface area contributed by atoms with Gasteiger partial charge in [-0.05, 0) is 43.9 Å². The highest BCUT2D eigenvalue weighted by Crippen LogP contribution is 2.24. The number of aliphatic hydroxyl groups is 3. The minimum absolute atomic E-state index is 0.0569. The molecule has 6 N–H and O–H groups in total. The Bertz CT molecular complexity index is 569. The molecule has 1 amide bonds. The molecule has 1 aromatic carbocycles. The summed E-state index contributed by atoms with van der Waals surface area (Å²) in [4.78, 5) is 12.0. The van der Waals surface area contributed by atoms with E-state index in [-0.39, 0.29) is 24.5 Å². The SMILES string of the molecule is CCC(O)CC(CC(O)CC)OCC(O)CNC(=O)c1ccc(O)c(O)c1. The monoisotopic (exact) mass is 385 g/mol. The molecule has 0 heterocycles. The number of benzene rings is 1. The highest BCUT2D eigenvalue weighted by molar-refractivity contribution is 5.94. The lowest BCUT2D eigenvalue weighted by Crippen LogP contribution is -2.36. The molecule has 8 nitrogen and oxygen atoms in total. The summed E-state index contributed by atoms with van der Waals surface area (Å²) in [5.74, 6) is -1.24. The maximum Gasteiger partial charge on any atom is 0.251 e.